The summed E-state index contributed by atoms with van der Waals surface area (Å²) in [5.74, 6) is 0.813. The van der Waals surface area contributed by atoms with Crippen LogP contribution in [0.25, 0.3) is 0 Å². The molecule has 2 aromatic rings. The van der Waals surface area contributed by atoms with Gasteiger partial charge < -0.3 is 15.5 Å². The minimum atomic E-state index is 0.0163. The monoisotopic (exact) mass is 364 g/mol. The Balaban J connectivity index is 1.52. The first-order chi connectivity index (χ1) is 13.0. The topological polar surface area (TPSA) is 56.7 Å². The lowest BCUT2D eigenvalue weighted by atomic mass is 9.96. The lowest BCUT2D eigenvalue weighted by Gasteiger charge is -2.19. The molecule has 1 aliphatic carbocycles. The molecule has 0 aliphatic heterocycles. The van der Waals surface area contributed by atoms with Crippen LogP contribution in [0.5, 0.6) is 0 Å². The van der Waals surface area contributed by atoms with Crippen molar-refractivity contribution in [1.82, 2.24) is 15.5 Å². The average molecular weight is 364 g/mol. The van der Waals surface area contributed by atoms with Crippen LogP contribution in [0.4, 0.5) is 0 Å². The van der Waals surface area contributed by atoms with Gasteiger partial charge in [-0.1, -0.05) is 42.5 Å². The lowest BCUT2D eigenvalue weighted by molar-refractivity contribution is 0.0827. The number of carbonyl (C=O) groups excluding carboxylic acids is 1. The number of nitrogens with one attached hydrogen (secondary N) is 2. The van der Waals surface area contributed by atoms with Crippen LogP contribution in [0.2, 0.25) is 0 Å². The molecule has 1 aliphatic rings. The van der Waals surface area contributed by atoms with Crippen LogP contribution in [0.3, 0.4) is 0 Å². The van der Waals surface area contributed by atoms with Gasteiger partial charge in [0.05, 0.1) is 0 Å². The maximum Gasteiger partial charge on any atom is 0.253 e. The van der Waals surface area contributed by atoms with E-state index in [1.165, 1.54) is 18.4 Å². The van der Waals surface area contributed by atoms with Crippen molar-refractivity contribution in [3.05, 3.63) is 71.3 Å². The fraction of sp³-hybridized carbons (Fsp3) is 0.364. The first kappa shape index (κ1) is 19.0. The van der Waals surface area contributed by atoms with Crippen molar-refractivity contribution < 1.29 is 4.79 Å². The summed E-state index contributed by atoms with van der Waals surface area (Å²) in [6, 6.07) is 18.4. The van der Waals surface area contributed by atoms with Crippen LogP contribution in [0.1, 0.15) is 34.3 Å². The molecule has 2 aromatic carbocycles. The van der Waals surface area contributed by atoms with Crippen LogP contribution < -0.4 is 10.6 Å². The highest BCUT2D eigenvalue weighted by atomic mass is 16.2. The molecule has 1 amide bonds. The summed E-state index contributed by atoms with van der Waals surface area (Å²) in [5, 5.41) is 6.82. The molecular weight excluding hydrogens is 336 g/mol. The zero-order chi connectivity index (χ0) is 19.3. The number of rotatable bonds is 6. The van der Waals surface area contributed by atoms with Crippen LogP contribution in [-0.2, 0) is 12.0 Å². The predicted octanol–water partition coefficient (Wildman–Crippen LogP) is 2.79. The third-order valence-corrected chi connectivity index (χ3v) is 5.12. The molecule has 0 aromatic heterocycles. The van der Waals surface area contributed by atoms with E-state index < -0.39 is 0 Å². The molecule has 0 heterocycles. The Morgan fingerprint density at radius 1 is 1.04 bits per heavy atom. The summed E-state index contributed by atoms with van der Waals surface area (Å²) in [5.41, 5.74) is 3.45. The molecule has 5 nitrogen and oxygen atoms in total. The second kappa shape index (κ2) is 8.25. The molecule has 0 unspecified atom stereocenters. The molecule has 27 heavy (non-hydrogen) atoms. The van der Waals surface area contributed by atoms with Crippen LogP contribution in [0, 0.1) is 0 Å². The van der Waals surface area contributed by atoms with E-state index in [2.05, 4.69) is 46.0 Å². The normalized spacial score (nSPS) is 15.1. The number of amides is 1. The van der Waals surface area contributed by atoms with E-state index in [4.69, 9.17) is 0 Å². The Bertz CT molecular complexity index is 793. The van der Waals surface area contributed by atoms with Gasteiger partial charge in [-0.15, -0.1) is 0 Å². The third-order valence-electron chi connectivity index (χ3n) is 5.12. The molecule has 0 saturated heterocycles. The molecule has 2 N–H and O–H groups in total. The maximum atomic E-state index is 12.0. The van der Waals surface area contributed by atoms with Gasteiger partial charge in [-0.05, 0) is 36.1 Å². The van der Waals surface area contributed by atoms with Crippen molar-refractivity contribution in [2.75, 3.05) is 27.7 Å². The summed E-state index contributed by atoms with van der Waals surface area (Å²) in [7, 11) is 5.31. The second-order valence-electron chi connectivity index (χ2n) is 7.32. The van der Waals surface area contributed by atoms with Gasteiger partial charge in [0.15, 0.2) is 5.96 Å². The largest absolute Gasteiger partial charge is 0.356 e. The van der Waals surface area contributed by atoms with Gasteiger partial charge >= 0.3 is 0 Å². The zero-order valence-corrected chi connectivity index (χ0v) is 16.3. The Morgan fingerprint density at radius 2 is 1.70 bits per heavy atom. The number of hydrogen-bond acceptors (Lipinski definition) is 2. The number of hydrogen-bond donors (Lipinski definition) is 2. The summed E-state index contributed by atoms with van der Waals surface area (Å²) in [4.78, 5) is 17.9. The van der Waals surface area contributed by atoms with Gasteiger partial charge in [0.25, 0.3) is 5.91 Å². The molecule has 5 heteroatoms. The van der Waals surface area contributed by atoms with E-state index in [9.17, 15) is 4.79 Å². The number of guanidine groups is 1. The Morgan fingerprint density at radius 3 is 2.26 bits per heavy atom. The molecule has 142 valence electrons. The third kappa shape index (κ3) is 4.67. The van der Waals surface area contributed by atoms with Gasteiger partial charge in [0.1, 0.15) is 0 Å². The lowest BCUT2D eigenvalue weighted by Crippen LogP contribution is -2.40. The highest BCUT2D eigenvalue weighted by Gasteiger charge is 2.43. The van der Waals surface area contributed by atoms with E-state index >= 15 is 0 Å². The fourth-order valence-electron chi connectivity index (χ4n) is 3.19. The van der Waals surface area contributed by atoms with E-state index in [0.29, 0.717) is 12.1 Å². The molecule has 0 spiro atoms. The second-order valence-corrected chi connectivity index (χ2v) is 7.32. The van der Waals surface area contributed by atoms with Crippen molar-refractivity contribution in [3.63, 3.8) is 0 Å². The predicted molar refractivity (Wildman–Crippen MR) is 110 cm³/mol. The van der Waals surface area contributed by atoms with E-state index in [1.54, 1.807) is 26.0 Å². The van der Waals surface area contributed by atoms with Crippen LogP contribution >= 0.6 is 0 Å². The van der Waals surface area contributed by atoms with Gasteiger partial charge in [-0.2, -0.15) is 0 Å². The molecule has 0 atom stereocenters. The minimum absolute atomic E-state index is 0.0163. The molecule has 1 saturated carbocycles. The highest BCUT2D eigenvalue weighted by molar-refractivity contribution is 5.93. The molecule has 0 bridgehead atoms. The smallest absolute Gasteiger partial charge is 0.253 e. The van der Waals surface area contributed by atoms with Crippen molar-refractivity contribution >= 4 is 11.9 Å². The van der Waals surface area contributed by atoms with E-state index in [1.807, 2.05) is 24.3 Å². The van der Waals surface area contributed by atoms with Crippen LogP contribution in [0.15, 0.2) is 59.6 Å². The number of nitrogens with zero attached hydrogens (tertiary/aromatic N) is 2. The zero-order valence-electron chi connectivity index (χ0n) is 16.3. The van der Waals surface area contributed by atoms with E-state index in [-0.39, 0.29) is 11.3 Å². The minimum Gasteiger partial charge on any atom is -0.356 e. The summed E-state index contributed by atoms with van der Waals surface area (Å²) >= 11 is 0. The molecule has 0 radical (unpaired) electrons. The summed E-state index contributed by atoms with van der Waals surface area (Å²) in [6.45, 7) is 1.54. The Hall–Kier alpha value is -2.82. The first-order valence-electron chi connectivity index (χ1n) is 9.35. The van der Waals surface area contributed by atoms with Crippen molar-refractivity contribution in [3.8, 4) is 0 Å². The van der Waals surface area contributed by atoms with Gasteiger partial charge in [-0.25, -0.2) is 0 Å². The fourth-order valence-corrected chi connectivity index (χ4v) is 3.19. The van der Waals surface area contributed by atoms with Crippen molar-refractivity contribution in [2.45, 2.75) is 24.8 Å². The number of carbonyl (C=O) groups is 1. The summed E-state index contributed by atoms with van der Waals surface area (Å²) < 4.78 is 0. The first-order valence-corrected chi connectivity index (χ1v) is 9.35. The maximum absolute atomic E-state index is 12.0. The van der Waals surface area contributed by atoms with Crippen molar-refractivity contribution in [1.29, 1.82) is 0 Å². The molecule has 3 rings (SSSR count). The number of benzene rings is 2. The molecular formula is C22H28N4O. The van der Waals surface area contributed by atoms with Gasteiger partial charge in [-0.3, -0.25) is 9.79 Å². The van der Waals surface area contributed by atoms with Gasteiger partial charge in [0, 0.05) is 45.2 Å². The SMILES string of the molecule is CN=C(NCc1ccc(C(=O)N(C)C)cc1)NCC1(c2ccccc2)CC1. The Labute approximate surface area is 161 Å². The summed E-state index contributed by atoms with van der Waals surface area (Å²) in [6.07, 6.45) is 2.42. The number of aliphatic imine (C=N–C) groups is 1. The van der Waals surface area contributed by atoms with Crippen molar-refractivity contribution in [2.24, 2.45) is 4.99 Å². The standard InChI is InChI=1S/C22H28N4O/c1-23-21(25-16-22(13-14-22)19-7-5-4-6-8-19)24-15-17-9-11-18(12-10-17)20(27)26(2)3/h4-12H,13-16H2,1-3H3,(H2,23,24,25). The highest BCUT2D eigenvalue weighted by Crippen LogP contribution is 2.47. The molecule has 1 fully saturated rings. The average Bonchev–Trinajstić information content (AvgIpc) is 3.50. The van der Waals surface area contributed by atoms with E-state index in [0.717, 1.165) is 18.1 Å². The van der Waals surface area contributed by atoms with Gasteiger partial charge in [0.2, 0.25) is 0 Å². The Kier molecular flexibility index (Phi) is 5.79. The van der Waals surface area contributed by atoms with Crippen LogP contribution in [-0.4, -0.2) is 44.5 Å². The quantitative estimate of drug-likeness (QED) is 0.612.